The molecule has 0 fully saturated rings. The number of hydrogen-bond acceptors (Lipinski definition) is 11. The molecule has 0 aliphatic carbocycles. The summed E-state index contributed by atoms with van der Waals surface area (Å²) in [6, 6.07) is -1.49. The van der Waals surface area contributed by atoms with E-state index >= 15 is 0 Å². The van der Waals surface area contributed by atoms with Crippen molar-refractivity contribution in [2.75, 3.05) is 14.2 Å². The quantitative estimate of drug-likeness (QED) is 0.412. The summed E-state index contributed by atoms with van der Waals surface area (Å²) in [5, 5.41) is 2.48. The first kappa shape index (κ1) is 30.6. The number of aromatic nitrogens is 4. The van der Waals surface area contributed by atoms with Crippen molar-refractivity contribution in [1.29, 1.82) is 0 Å². The number of esters is 2. The van der Waals surface area contributed by atoms with Crippen LogP contribution in [-0.4, -0.2) is 69.9 Å². The second kappa shape index (κ2) is 15.5. The molecule has 2 aromatic rings. The molecular weight excluding hydrogens is 468 g/mol. The molecule has 13 heteroatoms. The van der Waals surface area contributed by atoms with Gasteiger partial charge >= 0.3 is 18.0 Å². The Morgan fingerprint density at radius 1 is 0.882 bits per heavy atom. The number of hydrogen-bond donors (Lipinski definition) is 2. The lowest BCUT2D eigenvalue weighted by Gasteiger charge is -2.22. The summed E-state index contributed by atoms with van der Waals surface area (Å²) in [7, 11) is 2.57. The lowest BCUT2D eigenvalue weighted by molar-refractivity contribution is -0.143. The smallest absolute Gasteiger partial charge is 0.408 e. The minimum Gasteiger partial charge on any atom is -0.468 e. The van der Waals surface area contributed by atoms with Gasteiger partial charge in [-0.05, 0) is 31.9 Å². The standard InChI is InChI=1S/C13H19N3O4.C8H11N3O2.ClH/c1-13(2,3)20-12(18)16-10(11(17)19-4)5-9-6-14-8-15-7-9;1-13-8(12)7(9)2-6-3-10-5-11-4-6;/h6-8,10H,5H2,1-4H3,(H,16,18);3-5,7H,2,9H2,1H3;1H/t10-;7-;/m11./s1. The maximum absolute atomic E-state index is 11.7. The maximum atomic E-state index is 11.7. The molecule has 188 valence electrons. The van der Waals surface area contributed by atoms with Crippen LogP contribution in [0, 0.1) is 0 Å². The number of nitrogens with zero attached hydrogens (tertiary/aromatic N) is 4. The largest absolute Gasteiger partial charge is 0.468 e. The SMILES string of the molecule is COC(=O)[C@@H](Cc1cncnc1)NC(=O)OC(C)(C)C.COC(=O)[C@H](N)Cc1cncnc1.Cl. The van der Waals surface area contributed by atoms with E-state index in [0.717, 1.165) is 5.56 Å². The lowest BCUT2D eigenvalue weighted by atomic mass is 10.1. The van der Waals surface area contributed by atoms with Gasteiger partial charge < -0.3 is 25.3 Å². The number of carbonyl (C=O) groups excluding carboxylic acids is 3. The molecule has 12 nitrogen and oxygen atoms in total. The van der Waals surface area contributed by atoms with Gasteiger partial charge in [0.15, 0.2) is 0 Å². The normalized spacial score (nSPS) is 11.9. The van der Waals surface area contributed by atoms with Crippen molar-refractivity contribution in [3.8, 4) is 0 Å². The highest BCUT2D eigenvalue weighted by Gasteiger charge is 2.25. The lowest BCUT2D eigenvalue weighted by Crippen LogP contribution is -2.45. The van der Waals surface area contributed by atoms with Crippen LogP contribution in [0.4, 0.5) is 4.79 Å². The molecule has 2 aromatic heterocycles. The number of rotatable bonds is 7. The molecule has 0 radical (unpaired) electrons. The zero-order chi connectivity index (χ0) is 24.9. The first-order valence-electron chi connectivity index (χ1n) is 9.94. The molecular formula is C21H31ClN6O6. The van der Waals surface area contributed by atoms with Gasteiger partial charge in [-0.3, -0.25) is 4.79 Å². The van der Waals surface area contributed by atoms with Gasteiger partial charge in [0, 0.05) is 37.6 Å². The first-order chi connectivity index (χ1) is 15.6. The zero-order valence-electron chi connectivity index (χ0n) is 19.8. The molecule has 0 saturated heterocycles. The summed E-state index contributed by atoms with van der Waals surface area (Å²) in [6.07, 6.45) is 9.14. The fraction of sp³-hybridized carbons (Fsp3) is 0.476. The van der Waals surface area contributed by atoms with E-state index in [4.69, 9.17) is 10.5 Å². The number of ether oxygens (including phenoxy) is 3. The number of alkyl carbamates (subject to hydrolysis) is 1. The molecule has 34 heavy (non-hydrogen) atoms. The van der Waals surface area contributed by atoms with Crippen LogP contribution in [0.15, 0.2) is 37.4 Å². The second-order valence-electron chi connectivity index (χ2n) is 7.75. The summed E-state index contributed by atoms with van der Waals surface area (Å²) in [4.78, 5) is 49.6. The Bertz CT molecular complexity index is 882. The number of halogens is 1. The van der Waals surface area contributed by atoms with Crippen molar-refractivity contribution in [2.24, 2.45) is 5.73 Å². The van der Waals surface area contributed by atoms with Crippen LogP contribution >= 0.6 is 12.4 Å². The molecule has 0 bridgehead atoms. The first-order valence-corrected chi connectivity index (χ1v) is 9.94. The molecule has 1 amide bonds. The Morgan fingerprint density at radius 3 is 1.74 bits per heavy atom. The van der Waals surface area contributed by atoms with Crippen LogP contribution in [0.5, 0.6) is 0 Å². The number of carbonyl (C=O) groups is 3. The van der Waals surface area contributed by atoms with Crippen molar-refractivity contribution >= 4 is 30.4 Å². The third kappa shape index (κ3) is 12.6. The van der Waals surface area contributed by atoms with Crippen LogP contribution in [0.3, 0.4) is 0 Å². The van der Waals surface area contributed by atoms with Crippen molar-refractivity contribution in [3.63, 3.8) is 0 Å². The van der Waals surface area contributed by atoms with E-state index in [1.807, 2.05) is 0 Å². The fourth-order valence-electron chi connectivity index (χ4n) is 2.38. The summed E-state index contributed by atoms with van der Waals surface area (Å²) in [5.41, 5.74) is 6.42. The summed E-state index contributed by atoms with van der Waals surface area (Å²) >= 11 is 0. The van der Waals surface area contributed by atoms with Gasteiger partial charge in [-0.2, -0.15) is 0 Å². The Labute approximate surface area is 204 Å². The van der Waals surface area contributed by atoms with Crippen molar-refractivity contribution in [2.45, 2.75) is 51.3 Å². The number of amides is 1. The van der Waals surface area contributed by atoms with Gasteiger partial charge in [-0.15, -0.1) is 12.4 Å². The highest BCUT2D eigenvalue weighted by molar-refractivity contribution is 5.85. The van der Waals surface area contributed by atoms with E-state index in [9.17, 15) is 14.4 Å². The molecule has 0 aliphatic rings. The summed E-state index contributed by atoms with van der Waals surface area (Å²) in [5.74, 6) is -0.983. The van der Waals surface area contributed by atoms with Crippen LogP contribution in [-0.2, 0) is 36.6 Å². The summed E-state index contributed by atoms with van der Waals surface area (Å²) in [6.45, 7) is 5.22. The van der Waals surface area contributed by atoms with Crippen molar-refractivity contribution < 1.29 is 28.6 Å². The van der Waals surface area contributed by atoms with Crippen LogP contribution in [0.1, 0.15) is 31.9 Å². The average Bonchev–Trinajstić information content (AvgIpc) is 2.78. The minimum absolute atomic E-state index is 0. The van der Waals surface area contributed by atoms with E-state index in [0.29, 0.717) is 12.0 Å². The van der Waals surface area contributed by atoms with E-state index in [1.54, 1.807) is 45.6 Å². The molecule has 0 aliphatic heterocycles. The van der Waals surface area contributed by atoms with Gasteiger partial charge in [-0.25, -0.2) is 29.5 Å². The third-order valence-electron chi connectivity index (χ3n) is 3.80. The molecule has 0 unspecified atom stereocenters. The maximum Gasteiger partial charge on any atom is 0.408 e. The van der Waals surface area contributed by atoms with Gasteiger partial charge in [0.05, 0.1) is 14.2 Å². The van der Waals surface area contributed by atoms with Gasteiger partial charge in [0.25, 0.3) is 0 Å². The number of methoxy groups -OCH3 is 2. The second-order valence-corrected chi connectivity index (χ2v) is 7.75. The highest BCUT2D eigenvalue weighted by atomic mass is 35.5. The van der Waals surface area contributed by atoms with Crippen LogP contribution in [0.25, 0.3) is 0 Å². The van der Waals surface area contributed by atoms with E-state index in [1.165, 1.54) is 26.9 Å². The molecule has 0 spiro atoms. The number of nitrogens with one attached hydrogen (secondary N) is 1. The van der Waals surface area contributed by atoms with E-state index in [2.05, 4.69) is 34.7 Å². The molecule has 2 atom stereocenters. The van der Waals surface area contributed by atoms with E-state index in [-0.39, 0.29) is 18.8 Å². The predicted molar refractivity (Wildman–Crippen MR) is 124 cm³/mol. The molecule has 2 rings (SSSR count). The topological polar surface area (TPSA) is 169 Å². The molecule has 2 heterocycles. The monoisotopic (exact) mass is 498 g/mol. The van der Waals surface area contributed by atoms with Crippen molar-refractivity contribution in [1.82, 2.24) is 25.3 Å². The Hall–Kier alpha value is -3.38. The van der Waals surface area contributed by atoms with Gasteiger partial charge in [0.1, 0.15) is 30.3 Å². The van der Waals surface area contributed by atoms with E-state index < -0.39 is 35.7 Å². The minimum atomic E-state index is -0.846. The Balaban J connectivity index is 0.000000676. The molecule has 3 N–H and O–H groups in total. The Morgan fingerprint density at radius 2 is 1.32 bits per heavy atom. The highest BCUT2D eigenvalue weighted by Crippen LogP contribution is 2.08. The third-order valence-corrected chi connectivity index (χ3v) is 3.80. The van der Waals surface area contributed by atoms with Crippen LogP contribution < -0.4 is 11.1 Å². The predicted octanol–water partition coefficient (Wildman–Crippen LogP) is 1.03. The van der Waals surface area contributed by atoms with Gasteiger partial charge in [-0.1, -0.05) is 0 Å². The fourth-order valence-corrected chi connectivity index (χ4v) is 2.38. The average molecular weight is 499 g/mol. The van der Waals surface area contributed by atoms with Crippen LogP contribution in [0.2, 0.25) is 0 Å². The van der Waals surface area contributed by atoms with Crippen molar-refractivity contribution in [3.05, 3.63) is 48.6 Å². The number of nitrogens with two attached hydrogens (primary N) is 1. The Kier molecular flexibility index (Phi) is 13.9. The zero-order valence-corrected chi connectivity index (χ0v) is 20.6. The summed E-state index contributed by atoms with van der Waals surface area (Å²) < 4.78 is 14.3. The van der Waals surface area contributed by atoms with Gasteiger partial charge in [0.2, 0.25) is 0 Å². The molecule has 0 saturated carbocycles. The molecule has 0 aromatic carbocycles.